The Morgan fingerprint density at radius 3 is 2.58 bits per heavy atom. The van der Waals surface area contributed by atoms with Gasteiger partial charge in [0.1, 0.15) is 6.61 Å². The van der Waals surface area contributed by atoms with Gasteiger partial charge in [0.05, 0.1) is 22.8 Å². The molecule has 0 aliphatic rings. The summed E-state index contributed by atoms with van der Waals surface area (Å²) in [5.41, 5.74) is 1.33. The highest BCUT2D eigenvalue weighted by molar-refractivity contribution is 6.32. The van der Waals surface area contributed by atoms with Gasteiger partial charge in [-0.3, -0.25) is 10.1 Å². The van der Waals surface area contributed by atoms with Crippen molar-refractivity contribution >= 4 is 23.5 Å². The number of nitrogens with zero attached hydrogens (tertiary/aromatic N) is 2. The Kier molecular flexibility index (Phi) is 5.97. The molecule has 7 nitrogen and oxygen atoms in total. The maximum Gasteiger partial charge on any atom is 0.269 e. The molecule has 0 radical (unpaired) electrons. The fraction of sp³-hybridized carbons (Fsp3) is 0.188. The zero-order valence-corrected chi connectivity index (χ0v) is 13.6. The van der Waals surface area contributed by atoms with Crippen molar-refractivity contribution in [3.8, 4) is 11.5 Å². The summed E-state index contributed by atoms with van der Waals surface area (Å²) >= 11 is 6.20. The number of halogens is 1. The van der Waals surface area contributed by atoms with Gasteiger partial charge >= 0.3 is 0 Å². The van der Waals surface area contributed by atoms with Gasteiger partial charge in [0.15, 0.2) is 11.5 Å². The molecule has 1 N–H and O–H groups in total. The number of benzene rings is 2. The van der Waals surface area contributed by atoms with Crippen molar-refractivity contribution in [2.75, 3.05) is 6.61 Å². The molecule has 0 heterocycles. The molecule has 0 spiro atoms. The first kappa shape index (κ1) is 17.6. The third kappa shape index (κ3) is 4.36. The van der Waals surface area contributed by atoms with E-state index in [1.807, 2.05) is 6.92 Å². The Morgan fingerprint density at radius 2 is 2.00 bits per heavy atom. The lowest BCUT2D eigenvalue weighted by Crippen LogP contribution is -2.01. The number of rotatable bonds is 7. The SMILES string of the molecule is CCOc1cc(/C=N\O)cc(Cl)c1OCc1ccc([N+](=O)[O-])cc1. The lowest BCUT2D eigenvalue weighted by molar-refractivity contribution is -0.384. The van der Waals surface area contributed by atoms with E-state index >= 15 is 0 Å². The highest BCUT2D eigenvalue weighted by Gasteiger charge is 2.13. The molecule has 0 amide bonds. The maximum absolute atomic E-state index is 10.6. The summed E-state index contributed by atoms with van der Waals surface area (Å²) in [6.45, 7) is 2.40. The van der Waals surface area contributed by atoms with Crippen LogP contribution in [0.15, 0.2) is 41.6 Å². The first-order chi connectivity index (χ1) is 11.5. The lowest BCUT2D eigenvalue weighted by atomic mass is 10.2. The van der Waals surface area contributed by atoms with Crippen molar-refractivity contribution in [2.24, 2.45) is 5.16 Å². The Morgan fingerprint density at radius 1 is 1.29 bits per heavy atom. The van der Waals surface area contributed by atoms with Crippen LogP contribution in [0.4, 0.5) is 5.69 Å². The molecule has 8 heteroatoms. The monoisotopic (exact) mass is 350 g/mol. The number of nitro benzene ring substituents is 1. The van der Waals surface area contributed by atoms with Crippen LogP contribution in [-0.4, -0.2) is 23.0 Å². The second-order valence-corrected chi connectivity index (χ2v) is 5.13. The molecule has 126 valence electrons. The Bertz CT molecular complexity index is 747. The average molecular weight is 351 g/mol. The summed E-state index contributed by atoms with van der Waals surface area (Å²) in [5.74, 6) is 0.772. The van der Waals surface area contributed by atoms with Crippen molar-refractivity contribution in [1.29, 1.82) is 0 Å². The minimum atomic E-state index is -0.462. The Balaban J connectivity index is 2.20. The van der Waals surface area contributed by atoms with Gasteiger partial charge in [-0.15, -0.1) is 0 Å². The molecule has 0 bridgehead atoms. The van der Waals surface area contributed by atoms with Crippen LogP contribution < -0.4 is 9.47 Å². The summed E-state index contributed by atoms with van der Waals surface area (Å²) in [4.78, 5) is 10.2. The van der Waals surface area contributed by atoms with E-state index in [1.54, 1.807) is 24.3 Å². The van der Waals surface area contributed by atoms with Gasteiger partial charge in [-0.25, -0.2) is 0 Å². The molecule has 2 aromatic carbocycles. The fourth-order valence-electron chi connectivity index (χ4n) is 2.00. The molecule has 2 aromatic rings. The Hall–Kier alpha value is -2.80. The summed E-state index contributed by atoms with van der Waals surface area (Å²) in [6, 6.07) is 9.25. The average Bonchev–Trinajstić information content (AvgIpc) is 2.55. The quantitative estimate of drug-likeness (QED) is 0.352. The smallest absolute Gasteiger partial charge is 0.269 e. The van der Waals surface area contributed by atoms with Crippen LogP contribution in [0.25, 0.3) is 0 Å². The molecule has 0 fully saturated rings. The van der Waals surface area contributed by atoms with Gasteiger partial charge < -0.3 is 14.7 Å². The van der Waals surface area contributed by atoms with Crippen LogP contribution in [0.1, 0.15) is 18.1 Å². The van der Waals surface area contributed by atoms with Crippen LogP contribution in [0.5, 0.6) is 11.5 Å². The number of hydrogen-bond donors (Lipinski definition) is 1. The predicted molar refractivity (Wildman–Crippen MR) is 89.4 cm³/mol. The normalized spacial score (nSPS) is 10.8. The number of hydrogen-bond acceptors (Lipinski definition) is 6. The second-order valence-electron chi connectivity index (χ2n) is 4.72. The van der Waals surface area contributed by atoms with E-state index in [0.717, 1.165) is 5.56 Å². The largest absolute Gasteiger partial charge is 0.490 e. The highest BCUT2D eigenvalue weighted by Crippen LogP contribution is 2.37. The van der Waals surface area contributed by atoms with E-state index < -0.39 is 4.92 Å². The standard InChI is InChI=1S/C16H15ClN2O5/c1-2-23-15-8-12(9-18-20)7-14(17)16(15)24-10-11-3-5-13(6-4-11)19(21)22/h3-9,20H,2,10H2,1H3/b18-9-. The molecule has 0 unspecified atom stereocenters. The molecule has 24 heavy (non-hydrogen) atoms. The van der Waals surface area contributed by atoms with Gasteiger partial charge in [-0.2, -0.15) is 0 Å². The molecular weight excluding hydrogens is 336 g/mol. The molecule has 0 saturated carbocycles. The Labute approximate surface area is 143 Å². The second kappa shape index (κ2) is 8.16. The van der Waals surface area contributed by atoms with E-state index in [9.17, 15) is 10.1 Å². The van der Waals surface area contributed by atoms with Gasteiger partial charge in [0.25, 0.3) is 5.69 Å². The highest BCUT2D eigenvalue weighted by atomic mass is 35.5. The van der Waals surface area contributed by atoms with Crippen LogP contribution in [0.3, 0.4) is 0 Å². The van der Waals surface area contributed by atoms with E-state index in [2.05, 4.69) is 5.16 Å². The third-order valence-corrected chi connectivity index (χ3v) is 3.35. The number of ether oxygens (including phenoxy) is 2. The molecule has 0 aromatic heterocycles. The van der Waals surface area contributed by atoms with Crippen LogP contribution in [-0.2, 0) is 6.61 Å². The molecular formula is C16H15ClN2O5. The lowest BCUT2D eigenvalue weighted by Gasteiger charge is -2.14. The van der Waals surface area contributed by atoms with Gasteiger partial charge in [-0.05, 0) is 36.8 Å². The molecule has 0 saturated heterocycles. The van der Waals surface area contributed by atoms with Crippen molar-refractivity contribution in [2.45, 2.75) is 13.5 Å². The minimum absolute atomic E-state index is 0.0134. The number of nitro groups is 1. The van der Waals surface area contributed by atoms with Crippen molar-refractivity contribution < 1.29 is 19.6 Å². The predicted octanol–water partition coefficient (Wildman–Crippen LogP) is 4.03. The molecule has 0 atom stereocenters. The number of non-ortho nitro benzene ring substituents is 1. The zero-order valence-electron chi connectivity index (χ0n) is 12.8. The van der Waals surface area contributed by atoms with Crippen LogP contribution in [0, 0.1) is 10.1 Å². The van der Waals surface area contributed by atoms with Crippen molar-refractivity contribution in [1.82, 2.24) is 0 Å². The van der Waals surface area contributed by atoms with Crippen LogP contribution in [0.2, 0.25) is 5.02 Å². The molecule has 2 rings (SSSR count). The molecule has 0 aliphatic heterocycles. The van der Waals surface area contributed by atoms with Gasteiger partial charge in [-0.1, -0.05) is 16.8 Å². The topological polar surface area (TPSA) is 94.2 Å². The van der Waals surface area contributed by atoms with Gasteiger partial charge in [0, 0.05) is 17.7 Å². The van der Waals surface area contributed by atoms with Crippen LogP contribution >= 0.6 is 11.6 Å². The van der Waals surface area contributed by atoms with Crippen molar-refractivity contribution in [3.05, 3.63) is 62.7 Å². The molecule has 0 aliphatic carbocycles. The number of oxime groups is 1. The van der Waals surface area contributed by atoms with Crippen molar-refractivity contribution in [3.63, 3.8) is 0 Å². The van der Waals surface area contributed by atoms with E-state index in [1.165, 1.54) is 18.3 Å². The summed E-state index contributed by atoms with van der Waals surface area (Å²) in [7, 11) is 0. The first-order valence-electron chi connectivity index (χ1n) is 7.05. The maximum atomic E-state index is 10.6. The first-order valence-corrected chi connectivity index (χ1v) is 7.42. The summed E-state index contributed by atoms with van der Waals surface area (Å²) in [6.07, 6.45) is 1.23. The van der Waals surface area contributed by atoms with E-state index in [4.69, 9.17) is 26.3 Å². The fourth-order valence-corrected chi connectivity index (χ4v) is 2.28. The van der Waals surface area contributed by atoms with E-state index in [0.29, 0.717) is 28.7 Å². The zero-order chi connectivity index (χ0) is 17.5. The summed E-state index contributed by atoms with van der Waals surface area (Å²) < 4.78 is 11.2. The van der Waals surface area contributed by atoms with E-state index in [-0.39, 0.29) is 12.3 Å². The van der Waals surface area contributed by atoms with Gasteiger partial charge in [0.2, 0.25) is 0 Å². The minimum Gasteiger partial charge on any atom is -0.490 e. The third-order valence-electron chi connectivity index (χ3n) is 3.07. The summed E-state index contributed by atoms with van der Waals surface area (Å²) in [5, 5.41) is 22.5.